The maximum absolute atomic E-state index is 12.7. The number of aromatic nitrogens is 2. The summed E-state index contributed by atoms with van der Waals surface area (Å²) in [4.78, 5) is 24.7. The molecule has 0 N–H and O–H groups in total. The van der Waals surface area contributed by atoms with Crippen molar-refractivity contribution in [2.45, 2.75) is 32.6 Å². The lowest BCUT2D eigenvalue weighted by molar-refractivity contribution is 0.0823. The van der Waals surface area contributed by atoms with E-state index in [9.17, 15) is 9.59 Å². The van der Waals surface area contributed by atoms with Crippen molar-refractivity contribution >= 4 is 16.8 Å². The average Bonchev–Trinajstić information content (AvgIpc) is 2.98. The van der Waals surface area contributed by atoms with Gasteiger partial charge in [0.1, 0.15) is 0 Å². The lowest BCUT2D eigenvalue weighted by Gasteiger charge is -2.21. The van der Waals surface area contributed by atoms with Crippen molar-refractivity contribution in [1.82, 2.24) is 9.13 Å². The molecule has 4 heteroatoms. The largest absolute Gasteiger partial charge is 0.328 e. The molecule has 106 valence electrons. The predicted octanol–water partition coefficient (Wildman–Crippen LogP) is 2.64. The van der Waals surface area contributed by atoms with Gasteiger partial charge in [0.05, 0.1) is 11.0 Å². The predicted molar refractivity (Wildman–Crippen MR) is 79.1 cm³/mol. The van der Waals surface area contributed by atoms with Crippen LogP contribution in [0.4, 0.5) is 0 Å². The first-order valence-electron chi connectivity index (χ1n) is 7.14. The summed E-state index contributed by atoms with van der Waals surface area (Å²) in [6.45, 7) is 2.07. The van der Waals surface area contributed by atoms with E-state index in [1.54, 1.807) is 23.2 Å². The molecule has 2 aromatic rings. The van der Waals surface area contributed by atoms with E-state index in [4.69, 9.17) is 0 Å². The molecule has 1 fully saturated rings. The Labute approximate surface area is 118 Å². The molecule has 0 atom stereocenters. The zero-order chi connectivity index (χ0) is 14.5. The van der Waals surface area contributed by atoms with E-state index in [1.807, 2.05) is 18.2 Å². The number of carbonyl (C=O) groups excluding carboxylic acids is 1. The average molecular weight is 272 g/mol. The standard InChI is InChI=1S/C16H20N2O2/c1-16(8-4-5-9-16)14(19)11-6-7-12-13(10-11)18(3)15(20)17(12)2/h6-7,10H,4-5,8-9H2,1-3H3. The maximum atomic E-state index is 12.7. The van der Waals surface area contributed by atoms with Gasteiger partial charge >= 0.3 is 5.69 Å². The number of benzene rings is 1. The Bertz CT molecular complexity index is 746. The molecule has 0 saturated heterocycles. The first-order chi connectivity index (χ1) is 9.44. The van der Waals surface area contributed by atoms with Gasteiger partial charge in [0.2, 0.25) is 0 Å². The van der Waals surface area contributed by atoms with E-state index in [0.29, 0.717) is 0 Å². The van der Waals surface area contributed by atoms with Gasteiger partial charge in [-0.25, -0.2) is 4.79 Å². The van der Waals surface area contributed by atoms with Gasteiger partial charge < -0.3 is 0 Å². The van der Waals surface area contributed by atoms with Crippen molar-refractivity contribution in [1.29, 1.82) is 0 Å². The first kappa shape index (κ1) is 13.2. The molecule has 3 rings (SSSR count). The number of carbonyl (C=O) groups is 1. The number of hydrogen-bond donors (Lipinski definition) is 0. The molecule has 1 saturated carbocycles. The highest BCUT2D eigenvalue weighted by molar-refractivity contribution is 6.02. The van der Waals surface area contributed by atoms with E-state index in [-0.39, 0.29) is 16.9 Å². The van der Waals surface area contributed by atoms with Crippen LogP contribution in [0.1, 0.15) is 43.0 Å². The topological polar surface area (TPSA) is 44.0 Å². The van der Waals surface area contributed by atoms with E-state index in [2.05, 4.69) is 6.92 Å². The molecule has 1 heterocycles. The van der Waals surface area contributed by atoms with E-state index in [1.165, 1.54) is 0 Å². The second-order valence-electron chi connectivity index (χ2n) is 6.20. The van der Waals surface area contributed by atoms with Crippen molar-refractivity contribution in [3.8, 4) is 0 Å². The molecule has 0 radical (unpaired) electrons. The van der Waals surface area contributed by atoms with Crippen LogP contribution in [0.5, 0.6) is 0 Å². The molecule has 20 heavy (non-hydrogen) atoms. The van der Waals surface area contributed by atoms with Crippen LogP contribution in [-0.4, -0.2) is 14.9 Å². The highest BCUT2D eigenvalue weighted by Gasteiger charge is 2.36. The number of imidazole rings is 1. The molecule has 0 spiro atoms. The summed E-state index contributed by atoms with van der Waals surface area (Å²) in [6.07, 6.45) is 4.21. The van der Waals surface area contributed by atoms with Crippen LogP contribution in [0, 0.1) is 5.41 Å². The maximum Gasteiger partial charge on any atom is 0.328 e. The molecule has 1 aromatic heterocycles. The SMILES string of the molecule is Cn1c(=O)n(C)c2cc(C(=O)C3(C)CCCC3)ccc21. The monoisotopic (exact) mass is 272 g/mol. The fraction of sp³-hybridized carbons (Fsp3) is 0.500. The Balaban J connectivity index is 2.12. The summed E-state index contributed by atoms with van der Waals surface area (Å²) >= 11 is 0. The Hall–Kier alpha value is -1.84. The van der Waals surface area contributed by atoms with Crippen molar-refractivity contribution in [3.63, 3.8) is 0 Å². The molecular weight excluding hydrogens is 252 g/mol. The van der Waals surface area contributed by atoms with Gasteiger partial charge in [0, 0.05) is 25.1 Å². The van der Waals surface area contributed by atoms with Gasteiger partial charge in [-0.2, -0.15) is 0 Å². The summed E-state index contributed by atoms with van der Waals surface area (Å²) in [5.41, 5.74) is 2.14. The van der Waals surface area contributed by atoms with Crippen molar-refractivity contribution in [3.05, 3.63) is 34.2 Å². The summed E-state index contributed by atoms with van der Waals surface area (Å²) in [7, 11) is 3.50. The normalized spacial score (nSPS) is 17.8. The second-order valence-corrected chi connectivity index (χ2v) is 6.20. The van der Waals surface area contributed by atoms with Crippen molar-refractivity contribution in [2.24, 2.45) is 19.5 Å². The Kier molecular flexibility index (Phi) is 2.85. The number of ketones is 1. The number of Topliss-reactive ketones (excluding diaryl/α,β-unsaturated/α-hetero) is 1. The van der Waals surface area contributed by atoms with Crippen LogP contribution >= 0.6 is 0 Å². The zero-order valence-electron chi connectivity index (χ0n) is 12.3. The van der Waals surface area contributed by atoms with Crippen LogP contribution in [0.25, 0.3) is 11.0 Å². The van der Waals surface area contributed by atoms with Gasteiger partial charge in [-0.15, -0.1) is 0 Å². The number of nitrogens with zero attached hydrogens (tertiary/aromatic N) is 2. The lowest BCUT2D eigenvalue weighted by Crippen LogP contribution is -2.24. The van der Waals surface area contributed by atoms with Gasteiger partial charge in [0.25, 0.3) is 0 Å². The third-order valence-corrected chi connectivity index (χ3v) is 4.79. The van der Waals surface area contributed by atoms with Gasteiger partial charge in [-0.1, -0.05) is 19.8 Å². The van der Waals surface area contributed by atoms with E-state index < -0.39 is 0 Å². The fourth-order valence-electron chi connectivity index (χ4n) is 3.38. The Morgan fingerprint density at radius 3 is 2.35 bits per heavy atom. The van der Waals surface area contributed by atoms with Crippen LogP contribution in [0.3, 0.4) is 0 Å². The smallest absolute Gasteiger partial charge is 0.295 e. The molecule has 0 amide bonds. The minimum Gasteiger partial charge on any atom is -0.295 e. The third kappa shape index (κ3) is 1.74. The van der Waals surface area contributed by atoms with Gasteiger partial charge in [-0.05, 0) is 31.0 Å². The van der Waals surface area contributed by atoms with Crippen molar-refractivity contribution in [2.75, 3.05) is 0 Å². The summed E-state index contributed by atoms with van der Waals surface area (Å²) in [5.74, 6) is 0.216. The van der Waals surface area contributed by atoms with E-state index in [0.717, 1.165) is 42.3 Å². The molecule has 0 aliphatic heterocycles. The van der Waals surface area contributed by atoms with E-state index >= 15 is 0 Å². The summed E-state index contributed by atoms with van der Waals surface area (Å²) < 4.78 is 3.21. The van der Waals surface area contributed by atoms with Crippen LogP contribution in [0.15, 0.2) is 23.0 Å². The van der Waals surface area contributed by atoms with Gasteiger partial charge in [-0.3, -0.25) is 13.9 Å². The number of fused-ring (bicyclic) bond motifs is 1. The fourth-order valence-corrected chi connectivity index (χ4v) is 3.38. The molecule has 1 aliphatic rings. The van der Waals surface area contributed by atoms with Crippen LogP contribution in [0.2, 0.25) is 0 Å². The quantitative estimate of drug-likeness (QED) is 0.789. The molecule has 4 nitrogen and oxygen atoms in total. The highest BCUT2D eigenvalue weighted by Crippen LogP contribution is 2.40. The highest BCUT2D eigenvalue weighted by atomic mass is 16.1. The summed E-state index contributed by atoms with van der Waals surface area (Å²) in [5, 5.41) is 0. The molecule has 0 bridgehead atoms. The van der Waals surface area contributed by atoms with Gasteiger partial charge in [0.15, 0.2) is 5.78 Å². The number of aryl methyl sites for hydroxylation is 2. The zero-order valence-corrected chi connectivity index (χ0v) is 12.3. The molecule has 1 aliphatic carbocycles. The first-order valence-corrected chi connectivity index (χ1v) is 7.14. The summed E-state index contributed by atoms with van der Waals surface area (Å²) in [6, 6.07) is 5.60. The lowest BCUT2D eigenvalue weighted by atomic mass is 9.81. The minimum atomic E-state index is -0.221. The Morgan fingerprint density at radius 2 is 1.70 bits per heavy atom. The van der Waals surface area contributed by atoms with Crippen LogP contribution < -0.4 is 5.69 Å². The number of hydrogen-bond acceptors (Lipinski definition) is 2. The Morgan fingerprint density at radius 1 is 1.10 bits per heavy atom. The number of rotatable bonds is 2. The molecule has 1 aromatic carbocycles. The minimum absolute atomic E-state index is 0.0586. The third-order valence-electron chi connectivity index (χ3n) is 4.79. The molecule has 0 unspecified atom stereocenters. The van der Waals surface area contributed by atoms with Crippen molar-refractivity contribution < 1.29 is 4.79 Å². The van der Waals surface area contributed by atoms with Crippen LogP contribution in [-0.2, 0) is 14.1 Å². The molecular formula is C16H20N2O2. The second kappa shape index (κ2) is 4.33.